The number of hydrogen-bond acceptors (Lipinski definition) is 1. The van der Waals surface area contributed by atoms with Gasteiger partial charge in [0.25, 0.3) is 5.91 Å². The van der Waals surface area contributed by atoms with Crippen LogP contribution in [-0.2, 0) is 12.8 Å². The molecule has 3 rings (SSSR count). The van der Waals surface area contributed by atoms with Gasteiger partial charge in [0.15, 0.2) is 0 Å². The number of nitrogens with one attached hydrogen (secondary N) is 1. The van der Waals surface area contributed by atoms with Crippen LogP contribution in [0.3, 0.4) is 0 Å². The maximum Gasteiger partial charge on any atom is 0.251 e. The molecule has 2 nitrogen and oxygen atoms in total. The van der Waals surface area contributed by atoms with Crippen LogP contribution in [0.4, 0.5) is 0 Å². The minimum absolute atomic E-state index is 0.0257. The molecule has 96 valence electrons. The molecule has 2 aromatic rings. The van der Waals surface area contributed by atoms with Gasteiger partial charge >= 0.3 is 0 Å². The summed E-state index contributed by atoms with van der Waals surface area (Å²) in [6, 6.07) is 16.3. The molecule has 1 amide bonds. The Morgan fingerprint density at radius 1 is 1.00 bits per heavy atom. The van der Waals surface area contributed by atoms with E-state index in [0.29, 0.717) is 0 Å². The van der Waals surface area contributed by atoms with Crippen LogP contribution in [0.5, 0.6) is 0 Å². The second-order valence-corrected chi connectivity index (χ2v) is 5.21. The van der Waals surface area contributed by atoms with Gasteiger partial charge in [-0.1, -0.05) is 42.0 Å². The van der Waals surface area contributed by atoms with Crippen LogP contribution in [0.25, 0.3) is 0 Å². The summed E-state index contributed by atoms with van der Waals surface area (Å²) < 4.78 is 0. The third-order valence-electron chi connectivity index (χ3n) is 3.70. The highest BCUT2D eigenvalue weighted by Crippen LogP contribution is 2.21. The summed E-state index contributed by atoms with van der Waals surface area (Å²) in [6.45, 7) is 2.02. The van der Waals surface area contributed by atoms with Crippen LogP contribution in [0, 0.1) is 6.92 Å². The normalized spacial score (nSPS) is 14.2. The van der Waals surface area contributed by atoms with Crippen molar-refractivity contribution in [2.45, 2.75) is 25.8 Å². The summed E-state index contributed by atoms with van der Waals surface area (Å²) in [5.41, 5.74) is 4.62. The molecule has 2 aromatic carbocycles. The number of carbonyl (C=O) groups excluding carboxylic acids is 1. The van der Waals surface area contributed by atoms with Crippen LogP contribution in [0.15, 0.2) is 48.5 Å². The third kappa shape index (κ3) is 2.53. The second-order valence-electron chi connectivity index (χ2n) is 5.21. The molecule has 0 saturated carbocycles. The SMILES string of the molecule is Cc1ccc(C(=O)NC2Cc3ccccc3C2)cc1. The second kappa shape index (κ2) is 4.88. The van der Waals surface area contributed by atoms with Gasteiger partial charge in [-0.25, -0.2) is 0 Å². The van der Waals surface area contributed by atoms with Gasteiger partial charge < -0.3 is 5.32 Å². The highest BCUT2D eigenvalue weighted by atomic mass is 16.1. The first-order valence-electron chi connectivity index (χ1n) is 6.67. The van der Waals surface area contributed by atoms with Crippen LogP contribution < -0.4 is 5.32 Å². The van der Waals surface area contributed by atoms with E-state index in [1.165, 1.54) is 16.7 Å². The summed E-state index contributed by atoms with van der Waals surface area (Å²) in [4.78, 5) is 12.2. The predicted molar refractivity (Wildman–Crippen MR) is 76.3 cm³/mol. The van der Waals surface area contributed by atoms with E-state index in [-0.39, 0.29) is 11.9 Å². The summed E-state index contributed by atoms with van der Waals surface area (Å²) in [5.74, 6) is 0.0257. The van der Waals surface area contributed by atoms with Crippen LogP contribution in [0.2, 0.25) is 0 Å². The van der Waals surface area contributed by atoms with E-state index >= 15 is 0 Å². The highest BCUT2D eigenvalue weighted by molar-refractivity contribution is 5.94. The van der Waals surface area contributed by atoms with E-state index in [0.717, 1.165) is 18.4 Å². The Morgan fingerprint density at radius 2 is 1.58 bits per heavy atom. The summed E-state index contributed by atoms with van der Waals surface area (Å²) in [7, 11) is 0. The Kier molecular flexibility index (Phi) is 3.08. The lowest BCUT2D eigenvalue weighted by molar-refractivity contribution is 0.0938. The van der Waals surface area contributed by atoms with Crippen molar-refractivity contribution in [1.82, 2.24) is 5.32 Å². The quantitative estimate of drug-likeness (QED) is 0.873. The fourth-order valence-corrected chi connectivity index (χ4v) is 2.63. The minimum atomic E-state index is 0.0257. The zero-order valence-corrected chi connectivity index (χ0v) is 11.0. The Balaban J connectivity index is 1.67. The number of amides is 1. The van der Waals surface area contributed by atoms with E-state index in [9.17, 15) is 4.79 Å². The molecule has 2 heteroatoms. The molecule has 0 spiro atoms. The molecular weight excluding hydrogens is 234 g/mol. The molecule has 1 aliphatic carbocycles. The molecule has 19 heavy (non-hydrogen) atoms. The highest BCUT2D eigenvalue weighted by Gasteiger charge is 2.22. The van der Waals surface area contributed by atoms with Crippen molar-refractivity contribution >= 4 is 5.91 Å². The van der Waals surface area contributed by atoms with E-state index in [4.69, 9.17) is 0 Å². The first kappa shape index (κ1) is 12.0. The monoisotopic (exact) mass is 251 g/mol. The van der Waals surface area contributed by atoms with Gasteiger partial charge in [-0.2, -0.15) is 0 Å². The molecule has 0 aromatic heterocycles. The summed E-state index contributed by atoms with van der Waals surface area (Å²) >= 11 is 0. The van der Waals surface area contributed by atoms with E-state index in [1.807, 2.05) is 31.2 Å². The molecule has 0 saturated heterocycles. The lowest BCUT2D eigenvalue weighted by Crippen LogP contribution is -2.35. The van der Waals surface area contributed by atoms with Gasteiger partial charge in [0.05, 0.1) is 0 Å². The molecule has 1 N–H and O–H groups in total. The molecule has 0 heterocycles. The number of hydrogen-bond donors (Lipinski definition) is 1. The van der Waals surface area contributed by atoms with Crippen LogP contribution in [0.1, 0.15) is 27.0 Å². The predicted octanol–water partition coefficient (Wildman–Crippen LogP) is 2.89. The first-order chi connectivity index (χ1) is 9.22. The topological polar surface area (TPSA) is 29.1 Å². The van der Waals surface area contributed by atoms with Crippen molar-refractivity contribution in [3.63, 3.8) is 0 Å². The van der Waals surface area contributed by atoms with Gasteiger partial charge in [0, 0.05) is 11.6 Å². The number of aryl methyl sites for hydroxylation is 1. The van der Waals surface area contributed by atoms with Crippen molar-refractivity contribution in [2.24, 2.45) is 0 Å². The van der Waals surface area contributed by atoms with Gasteiger partial charge in [-0.15, -0.1) is 0 Å². The minimum Gasteiger partial charge on any atom is -0.349 e. The molecule has 0 unspecified atom stereocenters. The Hall–Kier alpha value is -2.09. The van der Waals surface area contributed by atoms with Crippen molar-refractivity contribution in [1.29, 1.82) is 0 Å². The number of benzene rings is 2. The molecule has 0 aliphatic heterocycles. The standard InChI is InChI=1S/C17H17NO/c1-12-6-8-13(9-7-12)17(19)18-16-10-14-4-2-3-5-15(14)11-16/h2-9,16H,10-11H2,1H3,(H,18,19). The van der Waals surface area contributed by atoms with Gasteiger partial charge in [-0.05, 0) is 43.0 Å². The zero-order chi connectivity index (χ0) is 13.2. The largest absolute Gasteiger partial charge is 0.349 e. The van der Waals surface area contributed by atoms with E-state index in [2.05, 4.69) is 29.6 Å². The average Bonchev–Trinajstić information content (AvgIpc) is 2.81. The molecule has 1 aliphatic rings. The summed E-state index contributed by atoms with van der Waals surface area (Å²) in [5, 5.41) is 3.12. The fourth-order valence-electron chi connectivity index (χ4n) is 2.63. The first-order valence-corrected chi connectivity index (χ1v) is 6.67. The Morgan fingerprint density at radius 3 is 2.16 bits per heavy atom. The maximum atomic E-state index is 12.2. The smallest absolute Gasteiger partial charge is 0.251 e. The molecular formula is C17H17NO. The van der Waals surface area contributed by atoms with Crippen molar-refractivity contribution in [2.75, 3.05) is 0 Å². The number of rotatable bonds is 2. The lowest BCUT2D eigenvalue weighted by Gasteiger charge is -2.12. The Bertz CT molecular complexity index is 576. The molecule has 0 radical (unpaired) electrons. The van der Waals surface area contributed by atoms with Gasteiger partial charge in [0.2, 0.25) is 0 Å². The van der Waals surface area contributed by atoms with Crippen molar-refractivity contribution in [3.05, 3.63) is 70.8 Å². The fraction of sp³-hybridized carbons (Fsp3) is 0.235. The third-order valence-corrected chi connectivity index (χ3v) is 3.70. The van der Waals surface area contributed by atoms with Gasteiger partial charge in [0.1, 0.15) is 0 Å². The Labute approximate surface area is 113 Å². The van der Waals surface area contributed by atoms with Crippen LogP contribution >= 0.6 is 0 Å². The number of carbonyl (C=O) groups is 1. The van der Waals surface area contributed by atoms with Crippen molar-refractivity contribution < 1.29 is 4.79 Å². The number of fused-ring (bicyclic) bond motifs is 1. The molecule has 0 fully saturated rings. The zero-order valence-electron chi connectivity index (χ0n) is 11.0. The lowest BCUT2D eigenvalue weighted by atomic mass is 10.1. The van der Waals surface area contributed by atoms with E-state index in [1.54, 1.807) is 0 Å². The van der Waals surface area contributed by atoms with Gasteiger partial charge in [-0.3, -0.25) is 4.79 Å². The molecule has 0 bridgehead atoms. The van der Waals surface area contributed by atoms with Crippen molar-refractivity contribution in [3.8, 4) is 0 Å². The average molecular weight is 251 g/mol. The van der Waals surface area contributed by atoms with E-state index < -0.39 is 0 Å². The van der Waals surface area contributed by atoms with Crippen LogP contribution in [-0.4, -0.2) is 11.9 Å². The molecule has 0 atom stereocenters. The summed E-state index contributed by atoms with van der Waals surface area (Å²) in [6.07, 6.45) is 1.88. The maximum absolute atomic E-state index is 12.2.